The van der Waals surface area contributed by atoms with Gasteiger partial charge in [-0.3, -0.25) is 0 Å². The van der Waals surface area contributed by atoms with E-state index in [4.69, 9.17) is 4.74 Å². The lowest BCUT2D eigenvalue weighted by Crippen LogP contribution is -2.36. The number of ether oxygens (including phenoxy) is 1. The molecule has 26 heavy (non-hydrogen) atoms. The van der Waals surface area contributed by atoms with Crippen LogP contribution >= 0.6 is 0 Å². The second-order valence-corrected chi connectivity index (χ2v) is 6.05. The predicted octanol–water partition coefficient (Wildman–Crippen LogP) is 5.45. The van der Waals surface area contributed by atoms with E-state index in [-0.39, 0.29) is 0 Å². The minimum absolute atomic E-state index is 0.587. The topological polar surface area (TPSA) is 22.1 Å². The molecule has 0 aliphatic rings. The van der Waals surface area contributed by atoms with Gasteiger partial charge in [0.05, 0.1) is 0 Å². The molecule has 0 aliphatic heterocycles. The Balaban J connectivity index is 2.00. The molecular formula is C24H19NO. The monoisotopic (exact) mass is 337 g/mol. The summed E-state index contributed by atoms with van der Waals surface area (Å²) in [6.07, 6.45) is 1.75. The lowest BCUT2D eigenvalue weighted by molar-refractivity contribution is 0.148. The van der Waals surface area contributed by atoms with E-state index < -0.39 is 5.60 Å². The molecule has 2 heteroatoms. The summed E-state index contributed by atoms with van der Waals surface area (Å²) in [7, 11) is 0. The normalized spacial score (nSPS) is 11.1. The van der Waals surface area contributed by atoms with E-state index in [1.54, 1.807) is 6.20 Å². The third-order valence-corrected chi connectivity index (χ3v) is 4.44. The fraction of sp³-hybridized carbons (Fsp3) is 0.0417. The van der Waals surface area contributed by atoms with E-state index in [0.717, 1.165) is 16.7 Å². The van der Waals surface area contributed by atoms with Gasteiger partial charge in [0.15, 0.2) is 5.60 Å². The molecule has 1 heterocycles. The largest absolute Gasteiger partial charge is 0.456 e. The Hall–Kier alpha value is -3.39. The Bertz CT molecular complexity index is 842. The van der Waals surface area contributed by atoms with Crippen molar-refractivity contribution in [1.29, 1.82) is 0 Å². The van der Waals surface area contributed by atoms with Crippen molar-refractivity contribution in [3.63, 3.8) is 0 Å². The van der Waals surface area contributed by atoms with Crippen LogP contribution in [0.25, 0.3) is 0 Å². The molecule has 126 valence electrons. The van der Waals surface area contributed by atoms with Gasteiger partial charge in [-0.15, -0.1) is 0 Å². The van der Waals surface area contributed by atoms with Crippen molar-refractivity contribution < 1.29 is 4.74 Å². The molecule has 0 saturated heterocycles. The smallest absolute Gasteiger partial charge is 0.214 e. The summed E-state index contributed by atoms with van der Waals surface area (Å²) >= 11 is 0. The molecule has 0 spiro atoms. The van der Waals surface area contributed by atoms with Crippen molar-refractivity contribution in [2.45, 2.75) is 5.60 Å². The van der Waals surface area contributed by atoms with Gasteiger partial charge in [-0.2, -0.15) is 0 Å². The Kier molecular flexibility index (Phi) is 4.48. The van der Waals surface area contributed by atoms with Gasteiger partial charge in [0.1, 0.15) is 0 Å². The van der Waals surface area contributed by atoms with E-state index in [1.807, 2.05) is 72.8 Å². The molecule has 3 aromatic carbocycles. The fourth-order valence-electron chi connectivity index (χ4n) is 3.26. The van der Waals surface area contributed by atoms with Crippen molar-refractivity contribution in [3.8, 4) is 5.88 Å². The molecule has 2 nitrogen and oxygen atoms in total. The van der Waals surface area contributed by atoms with Gasteiger partial charge >= 0.3 is 0 Å². The van der Waals surface area contributed by atoms with Gasteiger partial charge in [0, 0.05) is 29.0 Å². The maximum Gasteiger partial charge on any atom is 0.214 e. The van der Waals surface area contributed by atoms with Crippen molar-refractivity contribution in [1.82, 2.24) is 4.98 Å². The predicted molar refractivity (Wildman–Crippen MR) is 104 cm³/mol. The highest BCUT2D eigenvalue weighted by Gasteiger charge is 2.39. The van der Waals surface area contributed by atoms with Crippen LogP contribution in [0.3, 0.4) is 0 Å². The fourth-order valence-corrected chi connectivity index (χ4v) is 3.26. The lowest BCUT2D eigenvalue weighted by atomic mass is 9.80. The van der Waals surface area contributed by atoms with Gasteiger partial charge in [-0.05, 0) is 6.07 Å². The molecule has 0 atom stereocenters. The first kappa shape index (κ1) is 16.1. The van der Waals surface area contributed by atoms with Crippen LogP contribution in [0, 0.1) is 0 Å². The summed E-state index contributed by atoms with van der Waals surface area (Å²) in [5.41, 5.74) is 2.40. The van der Waals surface area contributed by atoms with Crippen LogP contribution in [-0.2, 0) is 5.60 Å². The van der Waals surface area contributed by atoms with Crippen molar-refractivity contribution in [2.75, 3.05) is 0 Å². The number of hydrogen-bond donors (Lipinski definition) is 0. The number of pyridine rings is 1. The molecule has 4 aromatic rings. The molecule has 0 saturated carbocycles. The number of benzene rings is 3. The maximum absolute atomic E-state index is 6.65. The van der Waals surface area contributed by atoms with Gasteiger partial charge in [0.2, 0.25) is 5.88 Å². The SMILES string of the molecule is c1ccc(C(Oc2ccccn2)(c2ccccc2)c2ccccc2)cc1. The van der Waals surface area contributed by atoms with E-state index in [1.165, 1.54) is 0 Å². The van der Waals surface area contributed by atoms with Crippen LogP contribution in [0.15, 0.2) is 115 Å². The maximum atomic E-state index is 6.65. The highest BCUT2D eigenvalue weighted by Crippen LogP contribution is 2.40. The average Bonchev–Trinajstić information content (AvgIpc) is 2.75. The molecule has 4 rings (SSSR count). The van der Waals surface area contributed by atoms with Crippen LogP contribution < -0.4 is 4.74 Å². The summed E-state index contributed by atoms with van der Waals surface area (Å²) in [6.45, 7) is 0. The average molecular weight is 337 g/mol. The number of rotatable bonds is 5. The molecule has 0 unspecified atom stereocenters. The molecule has 0 bridgehead atoms. The Labute approximate surface area is 153 Å². The zero-order valence-corrected chi connectivity index (χ0v) is 14.3. The van der Waals surface area contributed by atoms with Crippen LogP contribution in [-0.4, -0.2) is 4.98 Å². The first-order valence-electron chi connectivity index (χ1n) is 8.66. The zero-order valence-electron chi connectivity index (χ0n) is 14.3. The van der Waals surface area contributed by atoms with Crippen LogP contribution in [0.5, 0.6) is 5.88 Å². The summed E-state index contributed by atoms with van der Waals surface area (Å²) < 4.78 is 6.65. The third-order valence-electron chi connectivity index (χ3n) is 4.44. The second-order valence-electron chi connectivity index (χ2n) is 6.05. The van der Waals surface area contributed by atoms with Crippen LogP contribution in [0.1, 0.15) is 16.7 Å². The third kappa shape index (κ3) is 2.98. The van der Waals surface area contributed by atoms with Crippen molar-refractivity contribution >= 4 is 0 Å². The van der Waals surface area contributed by atoms with E-state index >= 15 is 0 Å². The highest BCUT2D eigenvalue weighted by atomic mass is 16.5. The standard InChI is InChI=1S/C24H19NO/c1-4-12-20(13-5-1)24(21-14-6-2-7-15-21,22-16-8-3-9-17-22)26-23-18-10-11-19-25-23/h1-19H. The Morgan fingerprint density at radius 2 is 0.923 bits per heavy atom. The summed E-state index contributed by atoms with van der Waals surface area (Å²) in [4.78, 5) is 4.42. The lowest BCUT2D eigenvalue weighted by Gasteiger charge is -2.35. The molecular weight excluding hydrogens is 318 g/mol. The molecule has 0 amide bonds. The zero-order chi connectivity index (χ0) is 17.7. The van der Waals surface area contributed by atoms with Gasteiger partial charge in [-0.1, -0.05) is 97.1 Å². The first-order chi connectivity index (χ1) is 12.9. The quantitative estimate of drug-likeness (QED) is 0.452. The summed E-state index contributed by atoms with van der Waals surface area (Å²) in [5, 5.41) is 0. The van der Waals surface area contributed by atoms with Gasteiger partial charge in [-0.25, -0.2) is 4.98 Å². The first-order valence-corrected chi connectivity index (χ1v) is 8.66. The van der Waals surface area contributed by atoms with Crippen LogP contribution in [0.4, 0.5) is 0 Å². The van der Waals surface area contributed by atoms with Crippen molar-refractivity contribution in [3.05, 3.63) is 132 Å². The van der Waals surface area contributed by atoms with Crippen LogP contribution in [0.2, 0.25) is 0 Å². The molecule has 0 radical (unpaired) electrons. The summed E-state index contributed by atoms with van der Waals surface area (Å²) in [5.74, 6) is 0.587. The summed E-state index contributed by atoms with van der Waals surface area (Å²) in [6, 6.07) is 36.6. The minimum Gasteiger partial charge on any atom is -0.456 e. The number of hydrogen-bond acceptors (Lipinski definition) is 2. The number of nitrogens with zero attached hydrogens (tertiary/aromatic N) is 1. The molecule has 0 fully saturated rings. The van der Waals surface area contributed by atoms with Gasteiger partial charge in [0.25, 0.3) is 0 Å². The van der Waals surface area contributed by atoms with E-state index in [2.05, 4.69) is 41.4 Å². The minimum atomic E-state index is -0.780. The number of aromatic nitrogens is 1. The van der Waals surface area contributed by atoms with E-state index in [9.17, 15) is 0 Å². The highest BCUT2D eigenvalue weighted by molar-refractivity contribution is 5.48. The molecule has 1 aromatic heterocycles. The molecule has 0 N–H and O–H groups in total. The van der Waals surface area contributed by atoms with Crippen molar-refractivity contribution in [2.24, 2.45) is 0 Å². The second kappa shape index (κ2) is 7.24. The Morgan fingerprint density at radius 3 is 1.31 bits per heavy atom. The Morgan fingerprint density at radius 1 is 0.500 bits per heavy atom. The van der Waals surface area contributed by atoms with E-state index in [0.29, 0.717) is 5.88 Å². The molecule has 0 aliphatic carbocycles. The van der Waals surface area contributed by atoms with Gasteiger partial charge < -0.3 is 4.74 Å².